The van der Waals surface area contributed by atoms with Crippen LogP contribution in [0.1, 0.15) is 20.7 Å². The lowest BCUT2D eigenvalue weighted by atomic mass is 9.95. The van der Waals surface area contributed by atoms with Crippen LogP contribution in [0.25, 0.3) is 10.8 Å². The maximum atomic E-state index is 11.8. The van der Waals surface area contributed by atoms with Crippen LogP contribution in [0.4, 0.5) is 0 Å². The van der Waals surface area contributed by atoms with Gasteiger partial charge in [0.25, 0.3) is 11.8 Å². The summed E-state index contributed by atoms with van der Waals surface area (Å²) in [4.78, 5) is 23.5. The van der Waals surface area contributed by atoms with Crippen LogP contribution in [0.3, 0.4) is 0 Å². The molecule has 0 bridgehead atoms. The van der Waals surface area contributed by atoms with Crippen LogP contribution in [0.5, 0.6) is 0 Å². The van der Waals surface area contributed by atoms with E-state index in [-0.39, 0.29) is 10.0 Å². The molecule has 1 heterocycles. The van der Waals surface area contributed by atoms with E-state index < -0.39 is 11.8 Å². The lowest BCUT2D eigenvalue weighted by Crippen LogP contribution is -2.34. The summed E-state index contributed by atoms with van der Waals surface area (Å²) < 4.78 is 0. The number of halogens is 3. The molecular weight excluding hydrogens is 296 g/mol. The maximum absolute atomic E-state index is 11.8. The van der Waals surface area contributed by atoms with E-state index in [1.54, 1.807) is 12.1 Å². The highest BCUT2D eigenvalue weighted by atomic mass is 35.5. The minimum atomic E-state index is -0.502. The summed E-state index contributed by atoms with van der Waals surface area (Å²) in [5, 5.41) is 3.94. The predicted molar refractivity (Wildman–Crippen MR) is 70.8 cm³/mol. The van der Waals surface area contributed by atoms with Crippen LogP contribution in [-0.4, -0.2) is 11.8 Å². The van der Waals surface area contributed by atoms with Gasteiger partial charge in [0, 0.05) is 16.3 Å². The van der Waals surface area contributed by atoms with Crippen LogP contribution >= 0.6 is 34.8 Å². The number of carbonyl (C=O) groups excluding carboxylic acids is 2. The monoisotopic (exact) mass is 299 g/mol. The molecule has 6 heteroatoms. The van der Waals surface area contributed by atoms with Crippen LogP contribution in [-0.2, 0) is 0 Å². The van der Waals surface area contributed by atoms with Gasteiger partial charge in [0.05, 0.1) is 20.6 Å². The second-order valence-corrected chi connectivity index (χ2v) is 5.04. The van der Waals surface area contributed by atoms with Gasteiger partial charge in [-0.2, -0.15) is 0 Å². The Bertz CT molecular complexity index is 740. The molecule has 0 saturated heterocycles. The van der Waals surface area contributed by atoms with E-state index in [4.69, 9.17) is 34.8 Å². The van der Waals surface area contributed by atoms with E-state index >= 15 is 0 Å². The Morgan fingerprint density at radius 3 is 2.22 bits per heavy atom. The van der Waals surface area contributed by atoms with Gasteiger partial charge in [0.15, 0.2) is 0 Å². The molecule has 0 fully saturated rings. The Labute approximate surface area is 117 Å². The van der Waals surface area contributed by atoms with Crippen molar-refractivity contribution >= 4 is 57.4 Å². The quantitative estimate of drug-likeness (QED) is 0.754. The van der Waals surface area contributed by atoms with Crippen molar-refractivity contribution in [2.24, 2.45) is 0 Å². The zero-order valence-electron chi connectivity index (χ0n) is 8.68. The lowest BCUT2D eigenvalue weighted by Gasteiger charge is -2.18. The van der Waals surface area contributed by atoms with E-state index in [1.165, 1.54) is 6.07 Å². The Hall–Kier alpha value is -1.29. The SMILES string of the molecule is O=C1NC(=O)c2cc(Cl)c(Cl)c3c(Cl)ccc1c23. The first-order valence-corrected chi connectivity index (χ1v) is 6.10. The van der Waals surface area contributed by atoms with E-state index in [9.17, 15) is 9.59 Å². The zero-order valence-corrected chi connectivity index (χ0v) is 11.0. The molecule has 2 aromatic rings. The number of nitrogens with one attached hydrogen (secondary N) is 1. The number of benzene rings is 2. The highest BCUT2D eigenvalue weighted by Crippen LogP contribution is 2.40. The molecule has 2 aromatic carbocycles. The molecule has 1 aliphatic rings. The van der Waals surface area contributed by atoms with Crippen LogP contribution in [0.2, 0.25) is 15.1 Å². The third-order valence-electron chi connectivity index (χ3n) is 2.84. The molecular formula is C12H4Cl3NO2. The van der Waals surface area contributed by atoms with E-state index in [0.717, 1.165) is 0 Å². The fraction of sp³-hybridized carbons (Fsp3) is 0. The van der Waals surface area contributed by atoms with Crippen molar-refractivity contribution in [3.8, 4) is 0 Å². The van der Waals surface area contributed by atoms with Crippen LogP contribution in [0.15, 0.2) is 18.2 Å². The molecule has 0 aromatic heterocycles. The van der Waals surface area contributed by atoms with Crippen molar-refractivity contribution in [1.82, 2.24) is 5.32 Å². The molecule has 0 spiro atoms. The highest BCUT2D eigenvalue weighted by Gasteiger charge is 2.27. The molecule has 0 saturated carbocycles. The highest BCUT2D eigenvalue weighted by molar-refractivity contribution is 6.49. The standard InChI is InChI=1S/C12H4Cl3NO2/c13-6-2-1-4-8-5(12(18)16-11(4)17)3-7(14)10(15)9(6)8/h1-3H,(H,16,17,18). The van der Waals surface area contributed by atoms with Crippen molar-refractivity contribution in [1.29, 1.82) is 0 Å². The summed E-state index contributed by atoms with van der Waals surface area (Å²) in [6.45, 7) is 0. The van der Waals surface area contributed by atoms with Gasteiger partial charge in [0.1, 0.15) is 0 Å². The minimum Gasteiger partial charge on any atom is -0.288 e. The number of amides is 2. The van der Waals surface area contributed by atoms with Crippen LogP contribution in [0, 0.1) is 0 Å². The van der Waals surface area contributed by atoms with Crippen molar-refractivity contribution in [2.45, 2.75) is 0 Å². The largest absolute Gasteiger partial charge is 0.288 e. The number of carbonyl (C=O) groups is 2. The van der Waals surface area contributed by atoms with E-state index in [0.29, 0.717) is 26.9 Å². The first-order chi connectivity index (χ1) is 8.50. The summed E-state index contributed by atoms with van der Waals surface area (Å²) >= 11 is 18.1. The zero-order chi connectivity index (χ0) is 13.0. The molecule has 2 amide bonds. The number of hydrogen-bond acceptors (Lipinski definition) is 2. The number of hydrogen-bond donors (Lipinski definition) is 1. The Morgan fingerprint density at radius 2 is 1.50 bits per heavy atom. The molecule has 3 nitrogen and oxygen atoms in total. The summed E-state index contributed by atoms with van der Waals surface area (Å²) in [5.74, 6) is -0.967. The molecule has 1 N–H and O–H groups in total. The second kappa shape index (κ2) is 3.85. The smallest absolute Gasteiger partial charge is 0.258 e. The van der Waals surface area contributed by atoms with Gasteiger partial charge in [-0.3, -0.25) is 14.9 Å². The normalized spacial score (nSPS) is 13.9. The average molecular weight is 301 g/mol. The fourth-order valence-electron chi connectivity index (χ4n) is 2.06. The fourth-order valence-corrected chi connectivity index (χ4v) is 2.81. The average Bonchev–Trinajstić information content (AvgIpc) is 2.31. The molecule has 0 unspecified atom stereocenters. The molecule has 0 atom stereocenters. The van der Waals surface area contributed by atoms with E-state index in [2.05, 4.69) is 5.32 Å². The van der Waals surface area contributed by atoms with Crippen molar-refractivity contribution < 1.29 is 9.59 Å². The van der Waals surface area contributed by atoms with Gasteiger partial charge in [-0.1, -0.05) is 34.8 Å². The maximum Gasteiger partial charge on any atom is 0.258 e. The van der Waals surface area contributed by atoms with Gasteiger partial charge < -0.3 is 0 Å². The van der Waals surface area contributed by atoms with Gasteiger partial charge in [0.2, 0.25) is 0 Å². The first-order valence-electron chi connectivity index (χ1n) is 4.96. The first kappa shape index (κ1) is 11.8. The molecule has 18 heavy (non-hydrogen) atoms. The van der Waals surface area contributed by atoms with Crippen molar-refractivity contribution in [3.05, 3.63) is 44.4 Å². The Balaban J connectivity index is 2.63. The van der Waals surface area contributed by atoms with Gasteiger partial charge in [-0.15, -0.1) is 0 Å². The van der Waals surface area contributed by atoms with Crippen molar-refractivity contribution in [2.75, 3.05) is 0 Å². The van der Waals surface area contributed by atoms with E-state index in [1.807, 2.05) is 0 Å². The van der Waals surface area contributed by atoms with Gasteiger partial charge in [-0.05, 0) is 18.2 Å². The molecule has 0 radical (unpaired) electrons. The molecule has 1 aliphatic heterocycles. The van der Waals surface area contributed by atoms with Crippen LogP contribution < -0.4 is 5.32 Å². The van der Waals surface area contributed by atoms with Crippen molar-refractivity contribution in [3.63, 3.8) is 0 Å². The second-order valence-electron chi connectivity index (χ2n) is 3.85. The minimum absolute atomic E-state index is 0.225. The summed E-state index contributed by atoms with van der Waals surface area (Å²) in [5.41, 5.74) is 0.666. The third kappa shape index (κ3) is 1.45. The van der Waals surface area contributed by atoms with Gasteiger partial charge in [-0.25, -0.2) is 0 Å². The molecule has 0 aliphatic carbocycles. The lowest BCUT2D eigenvalue weighted by molar-refractivity contribution is 0.0845. The molecule has 90 valence electrons. The summed E-state index contributed by atoms with van der Waals surface area (Å²) in [6, 6.07) is 4.55. The summed E-state index contributed by atoms with van der Waals surface area (Å²) in [7, 11) is 0. The number of rotatable bonds is 0. The molecule has 3 rings (SSSR count). The Morgan fingerprint density at radius 1 is 0.833 bits per heavy atom. The third-order valence-corrected chi connectivity index (χ3v) is 3.94. The van der Waals surface area contributed by atoms with Gasteiger partial charge >= 0.3 is 0 Å². The summed E-state index contributed by atoms with van der Waals surface area (Å²) in [6.07, 6.45) is 0. The predicted octanol–water partition coefficient (Wildman–Crippen LogP) is 3.68. The number of imide groups is 1. The topological polar surface area (TPSA) is 46.2 Å². The Kier molecular flexibility index (Phi) is 2.52.